The number of aromatic nitrogens is 1. The van der Waals surface area contributed by atoms with Gasteiger partial charge in [-0.1, -0.05) is 55.5 Å². The molecule has 2 heterocycles. The number of hydrogen-bond donors (Lipinski definition) is 2. The van der Waals surface area contributed by atoms with Crippen LogP contribution in [0.5, 0.6) is 0 Å². The van der Waals surface area contributed by atoms with Crippen LogP contribution in [0.3, 0.4) is 0 Å². The predicted molar refractivity (Wildman–Crippen MR) is 129 cm³/mol. The summed E-state index contributed by atoms with van der Waals surface area (Å²) in [6.07, 6.45) is 0.812. The van der Waals surface area contributed by atoms with E-state index in [2.05, 4.69) is 34.6 Å². The van der Waals surface area contributed by atoms with Gasteiger partial charge in [0.1, 0.15) is 12.3 Å². The molecule has 1 aliphatic carbocycles. The molecular formula is C27H25N3O5. The van der Waals surface area contributed by atoms with Crippen molar-refractivity contribution in [1.82, 2.24) is 9.88 Å². The minimum atomic E-state index is -0.858. The molecule has 5 rings (SSSR count). The normalized spacial score (nSPS) is 15.5. The molecule has 8 heteroatoms. The van der Waals surface area contributed by atoms with Crippen molar-refractivity contribution in [3.05, 3.63) is 83.7 Å². The minimum Gasteiger partial charge on any atom is -0.481 e. The lowest BCUT2D eigenvalue weighted by atomic mass is 9.87. The second-order valence-electron chi connectivity index (χ2n) is 8.98. The molecule has 1 fully saturated rings. The Morgan fingerprint density at radius 3 is 2.23 bits per heavy atom. The van der Waals surface area contributed by atoms with Gasteiger partial charge >= 0.3 is 12.1 Å². The molecule has 0 bridgehead atoms. The van der Waals surface area contributed by atoms with Crippen LogP contribution in [0.2, 0.25) is 0 Å². The van der Waals surface area contributed by atoms with Crippen molar-refractivity contribution < 1.29 is 24.2 Å². The van der Waals surface area contributed by atoms with Crippen molar-refractivity contribution in [2.24, 2.45) is 11.8 Å². The molecule has 1 unspecified atom stereocenters. The SMILES string of the molecule is CC(C(=O)O)C1CN(C(=O)c2ccc(NC(=O)OCC3c4ccccc4-c4ccccc43)cn2)C1. The van der Waals surface area contributed by atoms with Crippen molar-refractivity contribution in [3.63, 3.8) is 0 Å². The summed E-state index contributed by atoms with van der Waals surface area (Å²) in [6.45, 7) is 2.65. The summed E-state index contributed by atoms with van der Waals surface area (Å²) in [6, 6.07) is 19.4. The maximum atomic E-state index is 12.6. The zero-order chi connectivity index (χ0) is 24.5. The van der Waals surface area contributed by atoms with E-state index in [4.69, 9.17) is 9.84 Å². The van der Waals surface area contributed by atoms with E-state index in [1.807, 2.05) is 24.3 Å². The summed E-state index contributed by atoms with van der Waals surface area (Å²) >= 11 is 0. The molecular weight excluding hydrogens is 446 g/mol. The number of benzene rings is 2. The summed E-state index contributed by atoms with van der Waals surface area (Å²) in [5, 5.41) is 11.7. The van der Waals surface area contributed by atoms with Gasteiger partial charge in [-0.05, 0) is 34.4 Å². The van der Waals surface area contributed by atoms with Crippen molar-refractivity contribution in [1.29, 1.82) is 0 Å². The molecule has 2 amide bonds. The first-order valence-electron chi connectivity index (χ1n) is 11.5. The van der Waals surface area contributed by atoms with Gasteiger partial charge in [-0.2, -0.15) is 0 Å². The number of nitrogens with zero attached hydrogens (tertiary/aromatic N) is 2. The summed E-state index contributed by atoms with van der Waals surface area (Å²) < 4.78 is 5.54. The fourth-order valence-electron chi connectivity index (χ4n) is 4.71. The molecule has 1 saturated heterocycles. The lowest BCUT2D eigenvalue weighted by Crippen LogP contribution is -2.53. The monoisotopic (exact) mass is 471 g/mol. The number of rotatable bonds is 6. The van der Waals surface area contributed by atoms with Crippen LogP contribution in [-0.2, 0) is 9.53 Å². The third-order valence-corrected chi connectivity index (χ3v) is 6.87. The van der Waals surface area contributed by atoms with E-state index in [1.54, 1.807) is 17.9 Å². The van der Waals surface area contributed by atoms with Crippen molar-refractivity contribution in [3.8, 4) is 11.1 Å². The Morgan fingerprint density at radius 1 is 1.03 bits per heavy atom. The summed E-state index contributed by atoms with van der Waals surface area (Å²) in [5.74, 6) is -1.69. The summed E-state index contributed by atoms with van der Waals surface area (Å²) in [7, 11) is 0. The molecule has 2 aromatic carbocycles. The lowest BCUT2D eigenvalue weighted by Gasteiger charge is -2.41. The van der Waals surface area contributed by atoms with Gasteiger partial charge in [0.05, 0.1) is 17.8 Å². The van der Waals surface area contributed by atoms with E-state index in [0.29, 0.717) is 18.8 Å². The van der Waals surface area contributed by atoms with Gasteiger partial charge in [0.2, 0.25) is 0 Å². The number of likely N-dealkylation sites (tertiary alicyclic amines) is 1. The number of pyridine rings is 1. The third-order valence-electron chi connectivity index (χ3n) is 6.87. The van der Waals surface area contributed by atoms with Crippen molar-refractivity contribution in [2.45, 2.75) is 12.8 Å². The average Bonchev–Trinajstić information content (AvgIpc) is 3.16. The number of carboxylic acid groups (broad SMARTS) is 1. The minimum absolute atomic E-state index is 0.0320. The van der Waals surface area contributed by atoms with Gasteiger partial charge in [-0.3, -0.25) is 14.9 Å². The quantitative estimate of drug-likeness (QED) is 0.557. The first-order chi connectivity index (χ1) is 16.9. The molecule has 8 nitrogen and oxygen atoms in total. The zero-order valence-electron chi connectivity index (χ0n) is 19.2. The number of amides is 2. The molecule has 178 valence electrons. The van der Waals surface area contributed by atoms with Crippen LogP contribution in [0.4, 0.5) is 10.5 Å². The highest BCUT2D eigenvalue weighted by atomic mass is 16.5. The Bertz CT molecular complexity index is 1240. The number of hydrogen-bond acceptors (Lipinski definition) is 5. The molecule has 1 aliphatic heterocycles. The Labute approximate surface area is 202 Å². The number of nitrogens with one attached hydrogen (secondary N) is 1. The average molecular weight is 472 g/mol. The number of aliphatic carboxylic acids is 1. The van der Waals surface area contributed by atoms with E-state index in [0.717, 1.165) is 22.3 Å². The summed E-state index contributed by atoms with van der Waals surface area (Å²) in [5.41, 5.74) is 5.25. The fraction of sp³-hybridized carbons (Fsp3) is 0.259. The number of carbonyl (C=O) groups is 3. The van der Waals surface area contributed by atoms with E-state index in [-0.39, 0.29) is 30.0 Å². The zero-order valence-corrected chi connectivity index (χ0v) is 19.2. The maximum Gasteiger partial charge on any atom is 0.411 e. The molecule has 0 saturated carbocycles. The molecule has 0 spiro atoms. The number of carboxylic acids is 1. The van der Waals surface area contributed by atoms with Gasteiger partial charge in [0.25, 0.3) is 5.91 Å². The Morgan fingerprint density at radius 2 is 1.66 bits per heavy atom. The molecule has 2 aliphatic rings. The number of fused-ring (bicyclic) bond motifs is 3. The van der Waals surface area contributed by atoms with E-state index in [9.17, 15) is 14.4 Å². The van der Waals surface area contributed by atoms with E-state index in [1.165, 1.54) is 12.3 Å². The third kappa shape index (κ3) is 4.35. The molecule has 35 heavy (non-hydrogen) atoms. The highest BCUT2D eigenvalue weighted by molar-refractivity contribution is 5.93. The first kappa shape index (κ1) is 22.6. The maximum absolute atomic E-state index is 12.6. The molecule has 2 N–H and O–H groups in total. The highest BCUT2D eigenvalue weighted by Crippen LogP contribution is 2.44. The number of carbonyl (C=O) groups excluding carboxylic acids is 2. The number of anilines is 1. The Kier molecular flexibility index (Phi) is 5.94. The van der Waals surface area contributed by atoms with Crippen LogP contribution in [0, 0.1) is 11.8 Å². The Hall–Kier alpha value is -4.20. The topological polar surface area (TPSA) is 109 Å². The highest BCUT2D eigenvalue weighted by Gasteiger charge is 2.37. The van der Waals surface area contributed by atoms with Gasteiger partial charge in [-0.25, -0.2) is 9.78 Å². The summed E-state index contributed by atoms with van der Waals surface area (Å²) in [4.78, 5) is 41.8. The van der Waals surface area contributed by atoms with Crippen LogP contribution in [0.25, 0.3) is 11.1 Å². The Balaban J connectivity index is 1.16. The standard InChI is InChI=1S/C27H25N3O5/c1-16(26(32)33)17-13-30(14-17)25(31)24-11-10-18(12-28-24)29-27(34)35-15-23-21-8-4-2-6-19(21)20-7-3-5-9-22(20)23/h2-12,16-17,23H,13-15H2,1H3,(H,29,34)(H,32,33). The van der Waals surface area contributed by atoms with Crippen LogP contribution < -0.4 is 5.32 Å². The van der Waals surface area contributed by atoms with Gasteiger partial charge in [0, 0.05) is 24.9 Å². The van der Waals surface area contributed by atoms with E-state index < -0.39 is 18.0 Å². The second-order valence-corrected chi connectivity index (χ2v) is 8.98. The smallest absolute Gasteiger partial charge is 0.411 e. The molecule has 0 radical (unpaired) electrons. The molecule has 3 aromatic rings. The second kappa shape index (κ2) is 9.21. The van der Waals surface area contributed by atoms with Crippen molar-refractivity contribution in [2.75, 3.05) is 25.0 Å². The first-order valence-corrected chi connectivity index (χ1v) is 11.5. The number of ether oxygens (including phenoxy) is 1. The van der Waals surface area contributed by atoms with Gasteiger partial charge in [0.15, 0.2) is 0 Å². The van der Waals surface area contributed by atoms with Gasteiger partial charge in [-0.15, -0.1) is 0 Å². The lowest BCUT2D eigenvalue weighted by molar-refractivity contribution is -0.144. The van der Waals surface area contributed by atoms with Crippen LogP contribution in [0.1, 0.15) is 34.5 Å². The molecule has 1 atom stereocenters. The largest absolute Gasteiger partial charge is 0.481 e. The van der Waals surface area contributed by atoms with Crippen LogP contribution in [0.15, 0.2) is 66.9 Å². The fourth-order valence-corrected chi connectivity index (χ4v) is 4.71. The van der Waals surface area contributed by atoms with Crippen LogP contribution in [-0.4, -0.2) is 52.7 Å². The predicted octanol–water partition coefficient (Wildman–Crippen LogP) is 4.24. The van der Waals surface area contributed by atoms with Crippen molar-refractivity contribution >= 4 is 23.7 Å². The van der Waals surface area contributed by atoms with Gasteiger partial charge < -0.3 is 14.7 Å². The van der Waals surface area contributed by atoms with Crippen LogP contribution >= 0.6 is 0 Å². The van der Waals surface area contributed by atoms with E-state index >= 15 is 0 Å². The molecule has 1 aromatic heterocycles.